The van der Waals surface area contributed by atoms with Gasteiger partial charge in [0.25, 0.3) is 0 Å². The smallest absolute Gasteiger partial charge is 0.159 e. The fraction of sp³-hybridized carbons (Fsp3) is 0.480. The van der Waals surface area contributed by atoms with Crippen molar-refractivity contribution in [1.82, 2.24) is 4.90 Å². The number of hydrogen-bond donors (Lipinski definition) is 0. The van der Waals surface area contributed by atoms with Gasteiger partial charge in [0, 0.05) is 18.6 Å². The number of halogens is 2. The van der Waals surface area contributed by atoms with Crippen LogP contribution in [0.4, 0.5) is 8.78 Å². The maximum atomic E-state index is 13.9. The van der Waals surface area contributed by atoms with Crippen molar-refractivity contribution in [2.75, 3.05) is 0 Å². The summed E-state index contributed by atoms with van der Waals surface area (Å²) in [4.78, 5) is 2.44. The molecule has 1 fully saturated rings. The summed E-state index contributed by atoms with van der Waals surface area (Å²) in [6.45, 7) is 7.43. The lowest BCUT2D eigenvalue weighted by Crippen LogP contribution is -2.39. The molecule has 0 N–H and O–H groups in total. The average molecular weight is 397 g/mol. The minimum absolute atomic E-state index is 0.228. The minimum atomic E-state index is -0.872. The summed E-state index contributed by atoms with van der Waals surface area (Å²) >= 11 is 0. The molecule has 0 radical (unpaired) electrons. The Kier molecular flexibility index (Phi) is 6.70. The Bertz CT molecular complexity index is 855. The van der Waals surface area contributed by atoms with Crippen molar-refractivity contribution in [1.29, 1.82) is 5.26 Å². The largest absolute Gasteiger partial charge is 0.294 e. The Morgan fingerprint density at radius 3 is 2.31 bits per heavy atom. The Labute approximate surface area is 173 Å². The molecule has 1 aliphatic rings. The Balaban J connectivity index is 1.77. The molecule has 4 heteroatoms. The monoisotopic (exact) mass is 396 g/mol. The van der Waals surface area contributed by atoms with Crippen molar-refractivity contribution >= 4 is 0 Å². The summed E-state index contributed by atoms with van der Waals surface area (Å²) in [6, 6.07) is 17.5. The molecule has 0 aliphatic heterocycles. The van der Waals surface area contributed by atoms with E-state index in [1.165, 1.54) is 11.6 Å². The molecule has 2 atom stereocenters. The number of nitrogens with zero attached hydrogens (tertiary/aromatic N) is 2. The zero-order chi connectivity index (χ0) is 21.0. The first-order valence-electron chi connectivity index (χ1n) is 10.5. The third-order valence-electron chi connectivity index (χ3n) is 6.30. The second kappa shape index (κ2) is 9.05. The van der Waals surface area contributed by atoms with E-state index in [9.17, 15) is 14.0 Å². The van der Waals surface area contributed by atoms with Gasteiger partial charge in [-0.15, -0.1) is 0 Å². The molecule has 1 aliphatic carbocycles. The van der Waals surface area contributed by atoms with E-state index in [4.69, 9.17) is 0 Å². The van der Waals surface area contributed by atoms with Crippen LogP contribution in [0.3, 0.4) is 0 Å². The van der Waals surface area contributed by atoms with Crippen molar-refractivity contribution < 1.29 is 8.78 Å². The Hall–Kier alpha value is -2.25. The lowest BCUT2D eigenvalue weighted by atomic mass is 9.73. The Morgan fingerprint density at radius 1 is 1.07 bits per heavy atom. The van der Waals surface area contributed by atoms with E-state index in [2.05, 4.69) is 56.0 Å². The predicted molar refractivity (Wildman–Crippen MR) is 112 cm³/mol. The SMILES string of the molecule is CC(C)N(Cc1ccccc1)C(C)CCC(C#N)(c1ccc(F)c(F)c1)C1CC1. The summed E-state index contributed by atoms with van der Waals surface area (Å²) in [5.74, 6) is -1.51. The number of benzene rings is 2. The van der Waals surface area contributed by atoms with E-state index >= 15 is 0 Å². The van der Waals surface area contributed by atoms with Crippen LogP contribution in [0.5, 0.6) is 0 Å². The van der Waals surface area contributed by atoms with Gasteiger partial charge >= 0.3 is 0 Å². The molecule has 29 heavy (non-hydrogen) atoms. The molecule has 154 valence electrons. The molecule has 0 spiro atoms. The first kappa shape index (κ1) is 21.5. The van der Waals surface area contributed by atoms with Gasteiger partial charge in [-0.25, -0.2) is 8.78 Å². The van der Waals surface area contributed by atoms with Crippen molar-refractivity contribution in [2.45, 2.75) is 70.5 Å². The second-order valence-electron chi connectivity index (χ2n) is 8.63. The van der Waals surface area contributed by atoms with Crippen molar-refractivity contribution in [3.63, 3.8) is 0 Å². The van der Waals surface area contributed by atoms with Gasteiger partial charge in [0.15, 0.2) is 11.6 Å². The first-order chi connectivity index (χ1) is 13.9. The predicted octanol–water partition coefficient (Wildman–Crippen LogP) is 6.22. The topological polar surface area (TPSA) is 27.0 Å². The summed E-state index contributed by atoms with van der Waals surface area (Å²) in [5.41, 5.74) is 1.15. The third-order valence-corrected chi connectivity index (χ3v) is 6.30. The van der Waals surface area contributed by atoms with Gasteiger partial charge in [-0.05, 0) is 75.6 Å². The van der Waals surface area contributed by atoms with E-state index in [0.717, 1.165) is 31.9 Å². The van der Waals surface area contributed by atoms with Crippen LogP contribution in [0.15, 0.2) is 48.5 Å². The highest BCUT2D eigenvalue weighted by Gasteiger charge is 2.47. The van der Waals surface area contributed by atoms with Gasteiger partial charge in [-0.2, -0.15) is 5.26 Å². The molecule has 0 saturated heterocycles. The van der Waals surface area contributed by atoms with Crippen molar-refractivity contribution in [2.24, 2.45) is 5.92 Å². The highest BCUT2D eigenvalue weighted by atomic mass is 19.2. The van der Waals surface area contributed by atoms with E-state index in [0.29, 0.717) is 18.0 Å². The normalized spacial score (nSPS) is 17.2. The van der Waals surface area contributed by atoms with Crippen molar-refractivity contribution in [3.05, 3.63) is 71.3 Å². The van der Waals surface area contributed by atoms with Crippen molar-refractivity contribution in [3.8, 4) is 6.07 Å². The zero-order valence-corrected chi connectivity index (χ0v) is 17.5. The van der Waals surface area contributed by atoms with Crippen LogP contribution in [-0.4, -0.2) is 17.0 Å². The standard InChI is InChI=1S/C25H30F2N2/c1-18(2)29(16-20-7-5-4-6-8-20)19(3)13-14-25(17-28,21-9-10-21)22-11-12-23(26)24(27)15-22/h4-8,11-12,15,18-19,21H,9-10,13-14,16H2,1-3H3. The van der Waals surface area contributed by atoms with Crippen LogP contribution in [0.25, 0.3) is 0 Å². The first-order valence-corrected chi connectivity index (χ1v) is 10.5. The zero-order valence-electron chi connectivity index (χ0n) is 17.5. The quantitative estimate of drug-likeness (QED) is 0.503. The average Bonchev–Trinajstić information content (AvgIpc) is 3.55. The maximum Gasteiger partial charge on any atom is 0.159 e. The van der Waals surface area contributed by atoms with E-state index in [1.54, 1.807) is 6.07 Å². The van der Waals surface area contributed by atoms with E-state index < -0.39 is 17.0 Å². The minimum Gasteiger partial charge on any atom is -0.294 e. The number of rotatable bonds is 9. The summed E-state index contributed by atoms with van der Waals surface area (Å²) in [5, 5.41) is 10.1. The highest BCUT2D eigenvalue weighted by Crippen LogP contribution is 2.50. The molecule has 1 saturated carbocycles. The van der Waals surface area contributed by atoms with Crippen LogP contribution >= 0.6 is 0 Å². The van der Waals surface area contributed by atoms with Gasteiger partial charge in [-0.3, -0.25) is 4.90 Å². The molecule has 0 heterocycles. The summed E-state index contributed by atoms with van der Waals surface area (Å²) in [7, 11) is 0. The molecule has 0 aromatic heterocycles. The second-order valence-corrected chi connectivity index (χ2v) is 8.63. The van der Waals surface area contributed by atoms with Gasteiger partial charge in [0.05, 0.1) is 11.5 Å². The molecule has 3 rings (SSSR count). The van der Waals surface area contributed by atoms with Gasteiger partial charge in [0.1, 0.15) is 0 Å². The molecular weight excluding hydrogens is 366 g/mol. The molecular formula is C25H30F2N2. The highest BCUT2D eigenvalue weighted by molar-refractivity contribution is 5.36. The summed E-state index contributed by atoms with van der Waals surface area (Å²) in [6.07, 6.45) is 3.42. The maximum absolute atomic E-state index is 13.9. The summed E-state index contributed by atoms with van der Waals surface area (Å²) < 4.78 is 27.4. The van der Waals surface area contributed by atoms with Gasteiger partial charge in [0.2, 0.25) is 0 Å². The molecule has 2 aromatic carbocycles. The van der Waals surface area contributed by atoms with E-state index in [-0.39, 0.29) is 12.0 Å². The Morgan fingerprint density at radius 2 is 1.76 bits per heavy atom. The van der Waals surface area contributed by atoms with Crippen LogP contribution in [0.2, 0.25) is 0 Å². The molecule has 0 bridgehead atoms. The van der Waals surface area contributed by atoms with Gasteiger partial charge < -0.3 is 0 Å². The lowest BCUT2D eigenvalue weighted by molar-refractivity contribution is 0.140. The lowest BCUT2D eigenvalue weighted by Gasteiger charge is -2.35. The molecule has 2 unspecified atom stereocenters. The van der Waals surface area contributed by atoms with Crippen LogP contribution in [-0.2, 0) is 12.0 Å². The number of hydrogen-bond acceptors (Lipinski definition) is 2. The molecule has 0 amide bonds. The van der Waals surface area contributed by atoms with E-state index in [1.807, 2.05) is 6.07 Å². The molecule has 2 aromatic rings. The van der Waals surface area contributed by atoms with Crippen LogP contribution in [0.1, 0.15) is 57.6 Å². The van der Waals surface area contributed by atoms with Crippen LogP contribution < -0.4 is 0 Å². The fourth-order valence-electron chi connectivity index (χ4n) is 4.39. The third kappa shape index (κ3) is 4.85. The molecule has 2 nitrogen and oxygen atoms in total. The van der Waals surface area contributed by atoms with Crippen LogP contribution in [0, 0.1) is 28.9 Å². The number of nitriles is 1. The van der Waals surface area contributed by atoms with Gasteiger partial charge in [-0.1, -0.05) is 36.4 Å². The fourth-order valence-corrected chi connectivity index (χ4v) is 4.39.